The molecule has 0 N–H and O–H groups in total. The van der Waals surface area contributed by atoms with Crippen molar-refractivity contribution >= 4 is 21.6 Å². The zero-order chi connectivity index (χ0) is 13.1. The van der Waals surface area contributed by atoms with Gasteiger partial charge in [0.2, 0.25) is 0 Å². The summed E-state index contributed by atoms with van der Waals surface area (Å²) in [6.45, 7) is 5.51. The van der Waals surface area contributed by atoms with Gasteiger partial charge in [0.15, 0.2) is 0 Å². The van der Waals surface area contributed by atoms with Crippen molar-refractivity contribution in [1.29, 1.82) is 0 Å². The molecule has 0 unspecified atom stereocenters. The molecule has 2 aromatic heterocycles. The third-order valence-electron chi connectivity index (χ3n) is 3.34. The lowest BCUT2D eigenvalue weighted by Gasteiger charge is -2.20. The Labute approximate surface area is 112 Å². The van der Waals surface area contributed by atoms with Gasteiger partial charge in [-0.25, -0.2) is 4.98 Å². The first-order valence-corrected chi connectivity index (χ1v) is 7.10. The Kier molecular flexibility index (Phi) is 4.19. The largest absolute Gasteiger partial charge is 0.495 e. The highest BCUT2D eigenvalue weighted by molar-refractivity contribution is 7.16. The van der Waals surface area contributed by atoms with Crippen molar-refractivity contribution in [2.45, 2.75) is 26.3 Å². The van der Waals surface area contributed by atoms with Crippen LogP contribution < -0.4 is 4.74 Å². The molecule has 0 saturated carbocycles. The SMILES string of the molecule is COc1cnc2scc(CCN(C)C(C)C)c2c1. The average Bonchev–Trinajstić information content (AvgIpc) is 2.77. The van der Waals surface area contributed by atoms with Crippen LogP contribution in [0.1, 0.15) is 19.4 Å². The average molecular weight is 264 g/mol. The van der Waals surface area contributed by atoms with Crippen LogP contribution in [-0.4, -0.2) is 36.6 Å². The Bertz CT molecular complexity index is 521. The molecule has 0 aromatic carbocycles. The van der Waals surface area contributed by atoms with Crippen LogP contribution in [0, 0.1) is 0 Å². The van der Waals surface area contributed by atoms with E-state index in [0.29, 0.717) is 6.04 Å². The number of ether oxygens (including phenoxy) is 1. The topological polar surface area (TPSA) is 25.4 Å². The van der Waals surface area contributed by atoms with Gasteiger partial charge in [-0.3, -0.25) is 0 Å². The van der Waals surface area contributed by atoms with Crippen molar-refractivity contribution < 1.29 is 4.74 Å². The molecule has 0 aliphatic carbocycles. The fraction of sp³-hybridized carbons (Fsp3) is 0.500. The number of pyridine rings is 1. The van der Waals surface area contributed by atoms with Crippen LogP contribution in [0.15, 0.2) is 17.6 Å². The summed E-state index contributed by atoms with van der Waals surface area (Å²) in [6, 6.07) is 2.67. The molecule has 0 aliphatic rings. The van der Waals surface area contributed by atoms with Gasteiger partial charge in [0.1, 0.15) is 10.6 Å². The molecule has 0 spiro atoms. The lowest BCUT2D eigenvalue weighted by Crippen LogP contribution is -2.28. The van der Waals surface area contributed by atoms with Gasteiger partial charge in [0.05, 0.1) is 13.3 Å². The highest BCUT2D eigenvalue weighted by atomic mass is 32.1. The van der Waals surface area contributed by atoms with Gasteiger partial charge in [-0.05, 0) is 44.3 Å². The Hall–Kier alpha value is -1.13. The van der Waals surface area contributed by atoms with E-state index in [1.807, 2.05) is 0 Å². The summed E-state index contributed by atoms with van der Waals surface area (Å²) < 4.78 is 5.24. The second kappa shape index (κ2) is 5.67. The molecule has 0 fully saturated rings. The standard InChI is InChI=1S/C14H20N2OS/c1-10(2)16(3)6-5-11-9-18-14-13(11)7-12(17-4)8-15-14/h7-10H,5-6H2,1-4H3. The summed E-state index contributed by atoms with van der Waals surface area (Å²) in [7, 11) is 3.85. The zero-order valence-electron chi connectivity index (χ0n) is 11.4. The first-order valence-electron chi connectivity index (χ1n) is 6.22. The first kappa shape index (κ1) is 13.3. The number of fused-ring (bicyclic) bond motifs is 1. The number of methoxy groups -OCH3 is 1. The van der Waals surface area contributed by atoms with Gasteiger partial charge >= 0.3 is 0 Å². The number of aromatic nitrogens is 1. The van der Waals surface area contributed by atoms with E-state index in [0.717, 1.165) is 23.5 Å². The number of likely N-dealkylation sites (N-methyl/N-ethyl adjacent to an activating group) is 1. The molecule has 2 heterocycles. The van der Waals surface area contributed by atoms with Crippen molar-refractivity contribution in [3.8, 4) is 5.75 Å². The minimum absolute atomic E-state index is 0.586. The lowest BCUT2D eigenvalue weighted by atomic mass is 10.1. The second-order valence-electron chi connectivity index (χ2n) is 4.81. The predicted octanol–water partition coefficient (Wildman–Crippen LogP) is 3.19. The lowest BCUT2D eigenvalue weighted by molar-refractivity contribution is 0.278. The van der Waals surface area contributed by atoms with E-state index in [-0.39, 0.29) is 0 Å². The van der Waals surface area contributed by atoms with Crippen molar-refractivity contribution in [1.82, 2.24) is 9.88 Å². The van der Waals surface area contributed by atoms with E-state index in [1.54, 1.807) is 24.6 Å². The van der Waals surface area contributed by atoms with Crippen LogP contribution in [-0.2, 0) is 6.42 Å². The molecule has 2 rings (SSSR count). The van der Waals surface area contributed by atoms with Crippen LogP contribution >= 0.6 is 11.3 Å². The third-order valence-corrected chi connectivity index (χ3v) is 4.29. The molecule has 0 atom stereocenters. The maximum atomic E-state index is 5.24. The Morgan fingerprint density at radius 1 is 1.44 bits per heavy atom. The minimum atomic E-state index is 0.586. The molecule has 4 heteroatoms. The minimum Gasteiger partial charge on any atom is -0.495 e. The van der Waals surface area contributed by atoms with Gasteiger partial charge in [-0.2, -0.15) is 0 Å². The van der Waals surface area contributed by atoms with E-state index < -0.39 is 0 Å². The Morgan fingerprint density at radius 2 is 2.22 bits per heavy atom. The summed E-state index contributed by atoms with van der Waals surface area (Å²) in [5.74, 6) is 0.833. The molecule has 2 aromatic rings. The molecular formula is C14H20N2OS. The maximum Gasteiger partial charge on any atom is 0.137 e. The van der Waals surface area contributed by atoms with Crippen molar-refractivity contribution in [3.63, 3.8) is 0 Å². The van der Waals surface area contributed by atoms with Crippen LogP contribution in [0.4, 0.5) is 0 Å². The van der Waals surface area contributed by atoms with Gasteiger partial charge in [0, 0.05) is 18.0 Å². The molecule has 0 bridgehead atoms. The van der Waals surface area contributed by atoms with E-state index in [9.17, 15) is 0 Å². The summed E-state index contributed by atoms with van der Waals surface area (Å²) in [5.41, 5.74) is 1.37. The van der Waals surface area contributed by atoms with E-state index >= 15 is 0 Å². The molecular weight excluding hydrogens is 244 g/mol. The van der Waals surface area contributed by atoms with Crippen LogP contribution in [0.25, 0.3) is 10.2 Å². The smallest absolute Gasteiger partial charge is 0.137 e. The molecule has 98 valence electrons. The number of thiophene rings is 1. The van der Waals surface area contributed by atoms with Crippen molar-refractivity contribution in [2.75, 3.05) is 20.7 Å². The quantitative estimate of drug-likeness (QED) is 0.829. The molecule has 0 aliphatic heterocycles. The number of nitrogens with zero attached hydrogens (tertiary/aromatic N) is 2. The fourth-order valence-corrected chi connectivity index (χ4v) is 2.74. The van der Waals surface area contributed by atoms with Gasteiger partial charge in [-0.1, -0.05) is 0 Å². The highest BCUT2D eigenvalue weighted by Gasteiger charge is 2.09. The summed E-state index contributed by atoms with van der Waals surface area (Å²) >= 11 is 1.71. The molecule has 0 saturated heterocycles. The first-order chi connectivity index (χ1) is 8.61. The predicted molar refractivity (Wildman–Crippen MR) is 77.6 cm³/mol. The summed E-state index contributed by atoms with van der Waals surface area (Å²) in [4.78, 5) is 7.87. The van der Waals surface area contributed by atoms with Crippen LogP contribution in [0.2, 0.25) is 0 Å². The Balaban J connectivity index is 2.18. The summed E-state index contributed by atoms with van der Waals surface area (Å²) in [6.07, 6.45) is 2.84. The third kappa shape index (κ3) is 2.82. The Morgan fingerprint density at radius 3 is 2.89 bits per heavy atom. The number of hydrogen-bond acceptors (Lipinski definition) is 4. The van der Waals surface area contributed by atoms with Crippen LogP contribution in [0.5, 0.6) is 5.75 Å². The molecule has 0 radical (unpaired) electrons. The van der Waals surface area contributed by atoms with E-state index in [2.05, 4.69) is 42.2 Å². The van der Waals surface area contributed by atoms with Gasteiger partial charge in [-0.15, -0.1) is 11.3 Å². The zero-order valence-corrected chi connectivity index (χ0v) is 12.3. The number of rotatable bonds is 5. The second-order valence-corrected chi connectivity index (χ2v) is 5.67. The fourth-order valence-electron chi connectivity index (χ4n) is 1.81. The molecule has 0 amide bonds. The van der Waals surface area contributed by atoms with E-state index in [1.165, 1.54) is 10.9 Å². The van der Waals surface area contributed by atoms with Gasteiger partial charge in [0.25, 0.3) is 0 Å². The maximum absolute atomic E-state index is 5.24. The van der Waals surface area contributed by atoms with Crippen molar-refractivity contribution in [3.05, 3.63) is 23.2 Å². The van der Waals surface area contributed by atoms with Gasteiger partial charge < -0.3 is 9.64 Å². The summed E-state index contributed by atoms with van der Waals surface area (Å²) in [5, 5.41) is 3.45. The molecule has 3 nitrogen and oxygen atoms in total. The number of hydrogen-bond donors (Lipinski definition) is 0. The highest BCUT2D eigenvalue weighted by Crippen LogP contribution is 2.27. The molecule has 18 heavy (non-hydrogen) atoms. The van der Waals surface area contributed by atoms with Crippen LogP contribution in [0.3, 0.4) is 0 Å². The van der Waals surface area contributed by atoms with Crippen molar-refractivity contribution in [2.24, 2.45) is 0 Å². The van der Waals surface area contributed by atoms with E-state index in [4.69, 9.17) is 4.74 Å². The normalized spacial score (nSPS) is 11.7. The monoisotopic (exact) mass is 264 g/mol.